The largest absolute Gasteiger partial charge is 0.467 e. The Kier molecular flexibility index (Phi) is 7.06. The average molecular weight is 557 g/mol. The number of sulfone groups is 1. The van der Waals surface area contributed by atoms with Gasteiger partial charge in [0.25, 0.3) is 11.9 Å². The number of amides is 1. The predicted octanol–water partition coefficient (Wildman–Crippen LogP) is 2.93. The summed E-state index contributed by atoms with van der Waals surface area (Å²) in [6.45, 7) is -0.310. The molecule has 2 N–H and O–H groups in total. The number of aromatic amines is 1. The molecule has 0 saturated carbocycles. The number of rotatable bonds is 5. The first-order valence-electron chi connectivity index (χ1n) is 12.5. The number of likely N-dealkylation sites (tertiary alicyclic amines) is 1. The number of hydrogen-bond donors (Lipinski definition) is 2. The molecule has 2 aromatic carbocycles. The molecule has 10 nitrogen and oxygen atoms in total. The maximum absolute atomic E-state index is 14.1. The lowest BCUT2D eigenvalue weighted by molar-refractivity contribution is -0.156. The van der Waals surface area contributed by atoms with Crippen LogP contribution in [-0.4, -0.2) is 80.0 Å². The normalized spacial score (nSPS) is 21.1. The maximum Gasteiger partial charge on any atom is 0.328 e. The number of alkyl halides is 1. The third-order valence-corrected chi connectivity index (χ3v) is 8.38. The minimum Gasteiger partial charge on any atom is -0.467 e. The van der Waals surface area contributed by atoms with Gasteiger partial charge in [0.1, 0.15) is 6.04 Å². The summed E-state index contributed by atoms with van der Waals surface area (Å²) in [6, 6.07) is 11.3. The number of nitrogens with one attached hydrogen (secondary N) is 2. The molecule has 0 spiro atoms. The number of ether oxygens (including phenoxy) is 2. The van der Waals surface area contributed by atoms with Crippen LogP contribution in [0.1, 0.15) is 35.7 Å². The summed E-state index contributed by atoms with van der Waals surface area (Å²) in [5.74, 6) is -1.29. The van der Waals surface area contributed by atoms with Gasteiger partial charge in [-0.15, -0.1) is 0 Å². The second-order valence-corrected chi connectivity index (χ2v) is 11.7. The number of amidine groups is 1. The number of carbonyl (C=O) groups excluding carboxylic acids is 2. The number of aromatic nitrogens is 1. The number of benzene rings is 2. The third kappa shape index (κ3) is 4.96. The highest BCUT2D eigenvalue weighted by atomic mass is 32.2. The molecule has 1 amide bonds. The highest BCUT2D eigenvalue weighted by Gasteiger charge is 2.44. The first-order chi connectivity index (χ1) is 18.6. The molecule has 2 aliphatic rings. The number of nitrogens with zero attached hydrogens (tertiary/aromatic N) is 2. The van der Waals surface area contributed by atoms with E-state index in [4.69, 9.17) is 14.9 Å². The van der Waals surface area contributed by atoms with Crippen LogP contribution in [0.15, 0.2) is 53.4 Å². The van der Waals surface area contributed by atoms with Crippen molar-refractivity contribution < 1.29 is 31.9 Å². The van der Waals surface area contributed by atoms with Gasteiger partial charge in [0.15, 0.2) is 22.7 Å². The minimum absolute atomic E-state index is 0.0614. The summed E-state index contributed by atoms with van der Waals surface area (Å²) < 4.78 is 49.3. The van der Waals surface area contributed by atoms with E-state index in [2.05, 4.69) is 4.98 Å². The van der Waals surface area contributed by atoms with Gasteiger partial charge >= 0.3 is 5.97 Å². The molecule has 206 valence electrons. The van der Waals surface area contributed by atoms with Gasteiger partial charge in [0.2, 0.25) is 0 Å². The molecule has 0 radical (unpaired) electrons. The number of para-hydroxylation sites is 1. The van der Waals surface area contributed by atoms with Crippen molar-refractivity contribution in [2.24, 2.45) is 0 Å². The van der Waals surface area contributed by atoms with Gasteiger partial charge in [0, 0.05) is 35.8 Å². The van der Waals surface area contributed by atoms with Crippen molar-refractivity contribution in [3.8, 4) is 0 Å². The van der Waals surface area contributed by atoms with E-state index >= 15 is 0 Å². The number of carbonyl (C=O) groups is 2. The fourth-order valence-electron chi connectivity index (χ4n) is 5.42. The average Bonchev–Trinajstić information content (AvgIpc) is 3.52. The monoisotopic (exact) mass is 556 g/mol. The molecule has 12 heteroatoms. The molecule has 3 heterocycles. The number of H-pyrrole nitrogens is 1. The van der Waals surface area contributed by atoms with Crippen LogP contribution in [-0.2, 0) is 35.3 Å². The number of esters is 1. The van der Waals surface area contributed by atoms with E-state index in [1.165, 1.54) is 24.1 Å². The van der Waals surface area contributed by atoms with Gasteiger partial charge in [-0.1, -0.05) is 30.3 Å². The van der Waals surface area contributed by atoms with Gasteiger partial charge in [-0.3, -0.25) is 15.1 Å². The number of hydrogen-bond acceptors (Lipinski definition) is 7. The van der Waals surface area contributed by atoms with E-state index in [9.17, 15) is 22.4 Å². The molecule has 5 rings (SSSR count). The molecule has 1 fully saturated rings. The van der Waals surface area contributed by atoms with E-state index in [-0.39, 0.29) is 17.7 Å². The first kappa shape index (κ1) is 26.7. The second kappa shape index (κ2) is 10.3. The summed E-state index contributed by atoms with van der Waals surface area (Å²) >= 11 is 0. The van der Waals surface area contributed by atoms with Crippen molar-refractivity contribution >= 4 is 38.6 Å². The van der Waals surface area contributed by atoms with Crippen LogP contribution >= 0.6 is 0 Å². The van der Waals surface area contributed by atoms with Gasteiger partial charge < -0.3 is 19.4 Å². The molecule has 2 aliphatic heterocycles. The molecule has 0 aliphatic carbocycles. The third-order valence-electron chi connectivity index (χ3n) is 7.27. The second-order valence-electron chi connectivity index (χ2n) is 9.72. The van der Waals surface area contributed by atoms with Crippen LogP contribution in [0.5, 0.6) is 0 Å². The van der Waals surface area contributed by atoms with Crippen molar-refractivity contribution in [3.05, 3.63) is 65.4 Å². The van der Waals surface area contributed by atoms with Crippen LogP contribution in [0.4, 0.5) is 4.39 Å². The Morgan fingerprint density at radius 3 is 2.64 bits per heavy atom. The van der Waals surface area contributed by atoms with Crippen molar-refractivity contribution in [1.82, 2.24) is 14.8 Å². The molecule has 1 aromatic heterocycles. The van der Waals surface area contributed by atoms with Crippen LogP contribution < -0.4 is 0 Å². The zero-order chi connectivity index (χ0) is 27.9. The summed E-state index contributed by atoms with van der Waals surface area (Å²) in [7, 11) is -2.34. The lowest BCUT2D eigenvalue weighted by Crippen LogP contribution is -2.53. The number of methoxy groups -OCH3 is 1. The molecular formula is C27H29FN4O6S. The van der Waals surface area contributed by atoms with E-state index in [1.54, 1.807) is 12.1 Å². The first-order valence-corrected chi connectivity index (χ1v) is 14.4. The summed E-state index contributed by atoms with van der Waals surface area (Å²) in [6.07, 6.45) is 0.733. The summed E-state index contributed by atoms with van der Waals surface area (Å²) in [4.78, 5) is 32.7. The molecule has 0 bridgehead atoms. The molecule has 0 unspecified atom stereocenters. The lowest BCUT2D eigenvalue weighted by Gasteiger charge is -2.41. The Morgan fingerprint density at radius 1 is 1.18 bits per heavy atom. The van der Waals surface area contributed by atoms with Gasteiger partial charge in [-0.25, -0.2) is 17.6 Å². The summed E-state index contributed by atoms with van der Waals surface area (Å²) in [5.41, 5.74) is 2.71. The Hall–Kier alpha value is -3.93. The number of fused-ring (bicyclic) bond motifs is 3. The van der Waals surface area contributed by atoms with Gasteiger partial charge in [-0.05, 0) is 42.2 Å². The fourth-order valence-corrected chi connectivity index (χ4v) is 6.10. The zero-order valence-corrected chi connectivity index (χ0v) is 22.3. The maximum atomic E-state index is 14.1. The van der Waals surface area contributed by atoms with E-state index in [0.717, 1.165) is 27.6 Å². The Balaban J connectivity index is 1.60. The quantitative estimate of drug-likeness (QED) is 0.214. The highest BCUT2D eigenvalue weighted by Crippen LogP contribution is 2.41. The van der Waals surface area contributed by atoms with E-state index in [0.29, 0.717) is 24.2 Å². The van der Waals surface area contributed by atoms with Crippen molar-refractivity contribution in [2.75, 3.05) is 26.5 Å². The highest BCUT2D eigenvalue weighted by molar-refractivity contribution is 7.90. The molecule has 39 heavy (non-hydrogen) atoms. The lowest BCUT2D eigenvalue weighted by atomic mass is 9.88. The van der Waals surface area contributed by atoms with Crippen LogP contribution in [0.25, 0.3) is 10.9 Å². The predicted molar refractivity (Wildman–Crippen MR) is 141 cm³/mol. The molecule has 3 aromatic rings. The van der Waals surface area contributed by atoms with Gasteiger partial charge in [-0.2, -0.15) is 0 Å². The summed E-state index contributed by atoms with van der Waals surface area (Å²) in [5, 5.41) is 9.00. The number of halogens is 1. The van der Waals surface area contributed by atoms with E-state index in [1.807, 2.05) is 24.3 Å². The Bertz CT molecular complexity index is 1550. The smallest absolute Gasteiger partial charge is 0.328 e. The standard InChI is InChI=1S/C27H29FN4O6S/c1-37-26(34)21-14-19-18-9-3-4-10-20(18)30-24(19)25(16-7-5-8-17(13-16)39(2,35)36)32(21)23(33)15-38-27(29)31-12-6-11-22(31)28/h3-5,7-10,13,21-22,25,29-30H,6,11-12,14-15H2,1-2H3/t21-,22-,25+/m1/s1. The zero-order valence-electron chi connectivity index (χ0n) is 21.5. The Morgan fingerprint density at radius 2 is 1.95 bits per heavy atom. The van der Waals surface area contributed by atoms with Crippen molar-refractivity contribution in [1.29, 1.82) is 5.41 Å². The topological polar surface area (TPSA) is 133 Å². The van der Waals surface area contributed by atoms with Crippen LogP contribution in [0, 0.1) is 5.41 Å². The Labute approximate surface area is 225 Å². The fraction of sp³-hybridized carbons (Fsp3) is 0.370. The SMILES string of the molecule is COC(=O)[C@H]1Cc2c([nH]c3ccccc23)[C@H](c2cccc(S(C)(=O)=O)c2)N1C(=O)COC(=N)N1CCC[C@@H]1F. The van der Waals surface area contributed by atoms with Crippen molar-refractivity contribution in [2.45, 2.75) is 42.5 Å². The van der Waals surface area contributed by atoms with Crippen molar-refractivity contribution in [3.63, 3.8) is 0 Å². The minimum atomic E-state index is -3.57. The van der Waals surface area contributed by atoms with E-state index < -0.39 is 52.7 Å². The van der Waals surface area contributed by atoms with Crippen LogP contribution in [0.2, 0.25) is 0 Å². The van der Waals surface area contributed by atoms with Crippen LogP contribution in [0.3, 0.4) is 0 Å². The van der Waals surface area contributed by atoms with Gasteiger partial charge in [0.05, 0.1) is 18.0 Å². The molecular weight excluding hydrogens is 527 g/mol. The molecule has 1 saturated heterocycles. The molecule has 3 atom stereocenters.